The standard InChI is InChI=1S/C16H18F3N5O2/c1-10(14-21-11(2)22-26-14)23-6-8-24(9-7-23)15(25)12-4-3-5-20-13(12)16(17,18)19/h3-5,10H,6-9H2,1-2H3. The summed E-state index contributed by atoms with van der Waals surface area (Å²) in [5.41, 5.74) is -1.57. The van der Waals surface area contributed by atoms with Gasteiger partial charge in [0, 0.05) is 32.4 Å². The fourth-order valence-corrected chi connectivity index (χ4v) is 2.93. The zero-order chi connectivity index (χ0) is 18.9. The second-order valence-electron chi connectivity index (χ2n) is 6.08. The third kappa shape index (κ3) is 3.69. The number of halogens is 3. The van der Waals surface area contributed by atoms with Crippen LogP contribution < -0.4 is 0 Å². The fraction of sp³-hybridized carbons (Fsp3) is 0.500. The van der Waals surface area contributed by atoms with Crippen molar-refractivity contribution in [3.63, 3.8) is 0 Å². The summed E-state index contributed by atoms with van der Waals surface area (Å²) in [6.45, 7) is 5.24. The molecule has 26 heavy (non-hydrogen) atoms. The molecule has 140 valence electrons. The highest BCUT2D eigenvalue weighted by atomic mass is 19.4. The zero-order valence-corrected chi connectivity index (χ0v) is 14.3. The van der Waals surface area contributed by atoms with Crippen molar-refractivity contribution in [2.45, 2.75) is 26.1 Å². The molecule has 1 unspecified atom stereocenters. The van der Waals surface area contributed by atoms with Gasteiger partial charge in [-0.15, -0.1) is 0 Å². The van der Waals surface area contributed by atoms with E-state index >= 15 is 0 Å². The number of piperazine rings is 1. The summed E-state index contributed by atoms with van der Waals surface area (Å²) in [7, 11) is 0. The first-order valence-corrected chi connectivity index (χ1v) is 8.13. The predicted octanol–water partition coefficient (Wildman–Crippen LogP) is 2.31. The van der Waals surface area contributed by atoms with Crippen molar-refractivity contribution in [1.82, 2.24) is 24.9 Å². The largest absolute Gasteiger partial charge is 0.434 e. The number of aromatic nitrogens is 3. The fourth-order valence-electron chi connectivity index (χ4n) is 2.93. The number of aryl methyl sites for hydroxylation is 1. The first-order valence-electron chi connectivity index (χ1n) is 8.13. The number of hydrogen-bond donors (Lipinski definition) is 0. The molecule has 7 nitrogen and oxygen atoms in total. The van der Waals surface area contributed by atoms with Gasteiger partial charge >= 0.3 is 6.18 Å². The molecule has 0 radical (unpaired) electrons. The van der Waals surface area contributed by atoms with Gasteiger partial charge < -0.3 is 9.42 Å². The van der Waals surface area contributed by atoms with Crippen molar-refractivity contribution >= 4 is 5.91 Å². The maximum Gasteiger partial charge on any atom is 0.434 e. The van der Waals surface area contributed by atoms with Crippen molar-refractivity contribution in [3.05, 3.63) is 41.3 Å². The number of amides is 1. The molecule has 0 saturated carbocycles. The Kier molecular flexibility index (Phi) is 4.94. The molecule has 0 N–H and O–H groups in total. The Balaban J connectivity index is 1.68. The van der Waals surface area contributed by atoms with E-state index in [1.807, 2.05) is 11.8 Å². The van der Waals surface area contributed by atoms with E-state index < -0.39 is 23.3 Å². The number of pyridine rings is 1. The van der Waals surface area contributed by atoms with Gasteiger partial charge in [0.15, 0.2) is 11.5 Å². The Morgan fingerprint density at radius 2 is 1.96 bits per heavy atom. The molecule has 3 rings (SSSR count). The van der Waals surface area contributed by atoms with Crippen LogP contribution in [0.15, 0.2) is 22.9 Å². The van der Waals surface area contributed by atoms with Crippen LogP contribution in [0.1, 0.15) is 40.7 Å². The van der Waals surface area contributed by atoms with Crippen molar-refractivity contribution in [2.24, 2.45) is 0 Å². The zero-order valence-electron chi connectivity index (χ0n) is 14.3. The van der Waals surface area contributed by atoms with Crippen LogP contribution in [0.3, 0.4) is 0 Å². The second kappa shape index (κ2) is 7.02. The van der Waals surface area contributed by atoms with Gasteiger partial charge in [-0.1, -0.05) is 5.16 Å². The van der Waals surface area contributed by atoms with Crippen molar-refractivity contribution in [2.75, 3.05) is 26.2 Å². The van der Waals surface area contributed by atoms with Gasteiger partial charge in [-0.05, 0) is 26.0 Å². The van der Waals surface area contributed by atoms with Crippen LogP contribution in [0.2, 0.25) is 0 Å². The van der Waals surface area contributed by atoms with E-state index in [-0.39, 0.29) is 6.04 Å². The van der Waals surface area contributed by atoms with E-state index in [1.165, 1.54) is 11.0 Å². The minimum atomic E-state index is -4.67. The lowest BCUT2D eigenvalue weighted by Crippen LogP contribution is -2.49. The lowest BCUT2D eigenvalue weighted by molar-refractivity contribution is -0.141. The van der Waals surface area contributed by atoms with Crippen LogP contribution in [0.25, 0.3) is 0 Å². The Bertz CT molecular complexity index is 784. The van der Waals surface area contributed by atoms with Gasteiger partial charge in [0.25, 0.3) is 5.91 Å². The molecular formula is C16H18F3N5O2. The smallest absolute Gasteiger partial charge is 0.338 e. The molecule has 0 spiro atoms. The average molecular weight is 369 g/mol. The first kappa shape index (κ1) is 18.3. The second-order valence-corrected chi connectivity index (χ2v) is 6.08. The van der Waals surface area contributed by atoms with Crippen LogP contribution in [0, 0.1) is 6.92 Å². The van der Waals surface area contributed by atoms with E-state index in [1.54, 1.807) is 6.92 Å². The number of carbonyl (C=O) groups excluding carboxylic acids is 1. The number of hydrogen-bond acceptors (Lipinski definition) is 6. The number of carbonyl (C=O) groups is 1. The minimum Gasteiger partial charge on any atom is -0.338 e. The van der Waals surface area contributed by atoms with Gasteiger partial charge in [0.2, 0.25) is 5.89 Å². The first-order chi connectivity index (χ1) is 12.3. The summed E-state index contributed by atoms with van der Waals surface area (Å²) in [5.74, 6) is 0.358. The van der Waals surface area contributed by atoms with Gasteiger partial charge in [-0.2, -0.15) is 18.2 Å². The van der Waals surface area contributed by atoms with E-state index in [9.17, 15) is 18.0 Å². The molecule has 3 heterocycles. The molecule has 0 aromatic carbocycles. The van der Waals surface area contributed by atoms with Crippen molar-refractivity contribution in [1.29, 1.82) is 0 Å². The molecule has 2 aromatic rings. The summed E-state index contributed by atoms with van der Waals surface area (Å²) < 4.78 is 44.4. The third-order valence-electron chi connectivity index (χ3n) is 4.36. The van der Waals surface area contributed by atoms with E-state index in [4.69, 9.17) is 4.52 Å². The SMILES string of the molecule is Cc1noc(C(C)N2CCN(C(=O)c3cccnc3C(F)(F)F)CC2)n1. The summed E-state index contributed by atoms with van der Waals surface area (Å²) in [6.07, 6.45) is -3.63. The summed E-state index contributed by atoms with van der Waals surface area (Å²) in [5, 5.41) is 3.76. The van der Waals surface area contributed by atoms with Gasteiger partial charge in [0.05, 0.1) is 11.6 Å². The van der Waals surface area contributed by atoms with E-state index in [2.05, 4.69) is 15.1 Å². The third-order valence-corrected chi connectivity index (χ3v) is 4.36. The number of nitrogens with zero attached hydrogens (tertiary/aromatic N) is 5. The minimum absolute atomic E-state index is 0.127. The molecule has 1 amide bonds. The normalized spacial score (nSPS) is 17.3. The summed E-state index contributed by atoms with van der Waals surface area (Å²) >= 11 is 0. The average Bonchev–Trinajstić information content (AvgIpc) is 3.06. The number of rotatable bonds is 3. The summed E-state index contributed by atoms with van der Waals surface area (Å²) in [4.78, 5) is 23.5. The van der Waals surface area contributed by atoms with Gasteiger partial charge in [-0.3, -0.25) is 14.7 Å². The molecule has 10 heteroatoms. The molecule has 1 saturated heterocycles. The molecular weight excluding hydrogens is 351 g/mol. The highest BCUT2D eigenvalue weighted by Crippen LogP contribution is 2.31. The lowest BCUT2D eigenvalue weighted by Gasteiger charge is -2.37. The summed E-state index contributed by atoms with van der Waals surface area (Å²) in [6, 6.07) is 2.37. The molecule has 1 atom stereocenters. The van der Waals surface area contributed by atoms with Crippen LogP contribution in [0.4, 0.5) is 13.2 Å². The Labute approximate surface area is 147 Å². The Hall–Kier alpha value is -2.49. The maximum absolute atomic E-state index is 13.1. The highest BCUT2D eigenvalue weighted by Gasteiger charge is 2.38. The quantitative estimate of drug-likeness (QED) is 0.827. The topological polar surface area (TPSA) is 75.4 Å². The highest BCUT2D eigenvalue weighted by molar-refractivity contribution is 5.95. The lowest BCUT2D eigenvalue weighted by atomic mass is 10.1. The molecule has 1 aliphatic heterocycles. The van der Waals surface area contributed by atoms with Gasteiger partial charge in [0.1, 0.15) is 0 Å². The van der Waals surface area contributed by atoms with Crippen LogP contribution in [-0.2, 0) is 6.18 Å². The van der Waals surface area contributed by atoms with Crippen LogP contribution >= 0.6 is 0 Å². The monoisotopic (exact) mass is 369 g/mol. The van der Waals surface area contributed by atoms with Crippen LogP contribution in [-0.4, -0.2) is 57.0 Å². The predicted molar refractivity (Wildman–Crippen MR) is 84.2 cm³/mol. The molecule has 0 bridgehead atoms. The molecule has 1 aliphatic rings. The van der Waals surface area contributed by atoms with Crippen molar-refractivity contribution < 1.29 is 22.5 Å². The maximum atomic E-state index is 13.1. The molecule has 2 aromatic heterocycles. The van der Waals surface area contributed by atoms with Crippen LogP contribution in [0.5, 0.6) is 0 Å². The molecule has 1 fully saturated rings. The van der Waals surface area contributed by atoms with E-state index in [0.717, 1.165) is 12.3 Å². The molecule has 0 aliphatic carbocycles. The number of alkyl halides is 3. The van der Waals surface area contributed by atoms with Gasteiger partial charge in [-0.25, -0.2) is 0 Å². The Morgan fingerprint density at radius 3 is 2.54 bits per heavy atom. The van der Waals surface area contributed by atoms with Crippen molar-refractivity contribution in [3.8, 4) is 0 Å². The van der Waals surface area contributed by atoms with E-state index in [0.29, 0.717) is 37.9 Å². The Morgan fingerprint density at radius 1 is 1.27 bits per heavy atom.